The highest BCUT2D eigenvalue weighted by Gasteiger charge is 2.15. The van der Waals surface area contributed by atoms with Crippen LogP contribution in [0.15, 0.2) is 56.2 Å². The van der Waals surface area contributed by atoms with E-state index in [-0.39, 0.29) is 23.5 Å². The number of aromatic nitrogens is 7. The van der Waals surface area contributed by atoms with Crippen LogP contribution in [0.5, 0.6) is 0 Å². The van der Waals surface area contributed by atoms with Gasteiger partial charge in [0.05, 0.1) is 6.33 Å². The van der Waals surface area contributed by atoms with E-state index in [0.29, 0.717) is 35.0 Å². The number of fused-ring (bicyclic) bond motifs is 1. The maximum absolute atomic E-state index is 12.7. The first-order valence-electron chi connectivity index (χ1n) is 9.90. The highest BCUT2D eigenvalue weighted by Crippen LogP contribution is 2.15. The van der Waals surface area contributed by atoms with Gasteiger partial charge in [-0.15, -0.1) is 5.10 Å². The fraction of sp³-hybridized carbons (Fsp3) is 0.350. The highest BCUT2D eigenvalue weighted by molar-refractivity contribution is 7.99. The lowest BCUT2D eigenvalue weighted by atomic mass is 10.1. The molecule has 10 nitrogen and oxygen atoms in total. The van der Waals surface area contributed by atoms with Crippen LogP contribution in [0.2, 0.25) is 0 Å². The molecule has 0 aliphatic rings. The Morgan fingerprint density at radius 3 is 2.58 bits per heavy atom. The van der Waals surface area contributed by atoms with Crippen molar-refractivity contribution in [1.29, 1.82) is 0 Å². The van der Waals surface area contributed by atoms with Crippen LogP contribution in [0.1, 0.15) is 12.0 Å². The zero-order valence-corrected chi connectivity index (χ0v) is 18.1. The lowest BCUT2D eigenvalue weighted by Gasteiger charge is -2.09. The smallest absolute Gasteiger partial charge is 0.328 e. The number of hydrogen-bond donors (Lipinski definition) is 1. The number of rotatable bonds is 8. The Labute approximate surface area is 181 Å². The van der Waals surface area contributed by atoms with Gasteiger partial charge in [0.1, 0.15) is 0 Å². The molecule has 0 aliphatic heterocycles. The monoisotopic (exact) mass is 441 g/mol. The maximum Gasteiger partial charge on any atom is 0.343 e. The van der Waals surface area contributed by atoms with E-state index in [1.807, 2.05) is 30.3 Å². The predicted octanol–water partition coefficient (Wildman–Crippen LogP) is 0.744. The van der Waals surface area contributed by atoms with Gasteiger partial charge >= 0.3 is 11.4 Å². The first kappa shape index (κ1) is 20.9. The van der Waals surface area contributed by atoms with Crippen molar-refractivity contribution in [1.82, 2.24) is 33.4 Å². The van der Waals surface area contributed by atoms with Crippen LogP contribution in [0.4, 0.5) is 0 Å². The van der Waals surface area contributed by atoms with Crippen molar-refractivity contribution in [2.24, 2.45) is 14.1 Å². The summed E-state index contributed by atoms with van der Waals surface area (Å²) < 4.78 is 5.86. The van der Waals surface area contributed by atoms with E-state index in [4.69, 9.17) is 0 Å². The fourth-order valence-corrected chi connectivity index (χ4v) is 4.37. The number of benzene rings is 1. The van der Waals surface area contributed by atoms with Gasteiger partial charge < -0.3 is 4.57 Å². The van der Waals surface area contributed by atoms with Gasteiger partial charge in [-0.25, -0.2) is 19.7 Å². The number of thioether (sulfide) groups is 1. The molecule has 0 spiro atoms. The Bertz CT molecular complexity index is 1380. The quantitative estimate of drug-likeness (QED) is 0.319. The second-order valence-corrected chi connectivity index (χ2v) is 8.29. The summed E-state index contributed by atoms with van der Waals surface area (Å²) in [6, 6.07) is 9.94. The molecule has 0 bridgehead atoms. The molecule has 11 heteroatoms. The van der Waals surface area contributed by atoms with Crippen LogP contribution in [-0.2, 0) is 33.6 Å². The van der Waals surface area contributed by atoms with Gasteiger partial charge in [0.15, 0.2) is 16.3 Å². The Morgan fingerprint density at radius 2 is 1.81 bits per heavy atom. The summed E-state index contributed by atoms with van der Waals surface area (Å²) in [6.07, 6.45) is 2.82. The van der Waals surface area contributed by atoms with E-state index < -0.39 is 0 Å². The Morgan fingerprint density at radius 1 is 1.03 bits per heavy atom. The van der Waals surface area contributed by atoms with Gasteiger partial charge in [-0.3, -0.25) is 18.5 Å². The van der Waals surface area contributed by atoms with Crippen LogP contribution >= 0.6 is 11.8 Å². The summed E-state index contributed by atoms with van der Waals surface area (Å²) in [7, 11) is 3.34. The summed E-state index contributed by atoms with van der Waals surface area (Å²) in [4.78, 5) is 41.5. The third kappa shape index (κ3) is 4.13. The Kier molecular flexibility index (Phi) is 5.94. The third-order valence-electron chi connectivity index (χ3n) is 5.15. The maximum atomic E-state index is 12.7. The summed E-state index contributed by atoms with van der Waals surface area (Å²) in [5, 5.41) is 7.21. The van der Waals surface area contributed by atoms with E-state index in [2.05, 4.69) is 15.2 Å². The molecule has 0 unspecified atom stereocenters. The largest absolute Gasteiger partial charge is 0.343 e. The number of aromatic amines is 1. The summed E-state index contributed by atoms with van der Waals surface area (Å²) in [5.41, 5.74) is 0.944. The SMILES string of the molecule is Cn1cnc2c1c(=O)n(CCCSc1n[nH]c(=O)n1CCc1ccccc1)c(=O)n2C. The summed E-state index contributed by atoms with van der Waals surface area (Å²) in [5.74, 6) is 0.606. The van der Waals surface area contributed by atoms with Crippen LogP contribution in [0, 0.1) is 0 Å². The Balaban J connectivity index is 1.42. The molecule has 3 aromatic heterocycles. The van der Waals surface area contributed by atoms with Crippen molar-refractivity contribution in [2.75, 3.05) is 5.75 Å². The van der Waals surface area contributed by atoms with E-state index in [9.17, 15) is 14.4 Å². The van der Waals surface area contributed by atoms with Gasteiger partial charge in [0.25, 0.3) is 5.56 Å². The molecule has 1 N–H and O–H groups in total. The van der Waals surface area contributed by atoms with Gasteiger partial charge in [-0.1, -0.05) is 42.1 Å². The number of aryl methyl sites for hydroxylation is 3. The summed E-state index contributed by atoms with van der Waals surface area (Å²) >= 11 is 1.43. The minimum atomic E-state index is -0.388. The molecule has 0 fully saturated rings. The lowest BCUT2D eigenvalue weighted by Crippen LogP contribution is -2.39. The molecule has 4 rings (SSSR count). The number of imidazole rings is 1. The summed E-state index contributed by atoms with van der Waals surface area (Å²) in [6.45, 7) is 0.803. The van der Waals surface area contributed by atoms with Crippen LogP contribution in [0.25, 0.3) is 11.2 Å². The van der Waals surface area contributed by atoms with E-state index in [1.54, 1.807) is 23.2 Å². The van der Waals surface area contributed by atoms with E-state index in [0.717, 1.165) is 12.0 Å². The minimum Gasteiger partial charge on any atom is -0.328 e. The van der Waals surface area contributed by atoms with Gasteiger partial charge in [0.2, 0.25) is 0 Å². The molecule has 0 saturated carbocycles. The van der Waals surface area contributed by atoms with Gasteiger partial charge in [-0.05, 0) is 18.4 Å². The molecule has 0 aliphatic carbocycles. The molecule has 3 heterocycles. The molecule has 31 heavy (non-hydrogen) atoms. The average Bonchev–Trinajstić information content (AvgIpc) is 3.33. The zero-order valence-electron chi connectivity index (χ0n) is 17.3. The normalized spacial score (nSPS) is 11.4. The third-order valence-corrected chi connectivity index (χ3v) is 6.21. The highest BCUT2D eigenvalue weighted by atomic mass is 32.2. The minimum absolute atomic E-state index is 0.245. The number of H-pyrrole nitrogens is 1. The fourth-order valence-electron chi connectivity index (χ4n) is 3.48. The molecule has 0 saturated heterocycles. The molecule has 1 aromatic carbocycles. The first-order valence-corrected chi connectivity index (χ1v) is 10.9. The number of nitrogens with zero attached hydrogens (tertiary/aromatic N) is 6. The second kappa shape index (κ2) is 8.80. The van der Waals surface area contributed by atoms with Gasteiger partial charge in [0, 0.05) is 32.9 Å². The van der Waals surface area contributed by atoms with Gasteiger partial charge in [-0.2, -0.15) is 0 Å². The van der Waals surface area contributed by atoms with Crippen LogP contribution < -0.4 is 16.9 Å². The molecule has 162 valence electrons. The topological polar surface area (TPSA) is 112 Å². The van der Waals surface area contributed by atoms with Crippen molar-refractivity contribution in [3.05, 3.63) is 73.5 Å². The van der Waals surface area contributed by atoms with Crippen molar-refractivity contribution in [3.8, 4) is 0 Å². The van der Waals surface area contributed by atoms with E-state index >= 15 is 0 Å². The Hall–Kier alpha value is -3.34. The van der Waals surface area contributed by atoms with Crippen molar-refractivity contribution < 1.29 is 0 Å². The van der Waals surface area contributed by atoms with Crippen LogP contribution in [0.3, 0.4) is 0 Å². The first-order chi connectivity index (χ1) is 15.0. The lowest BCUT2D eigenvalue weighted by molar-refractivity contribution is 0.592. The van der Waals surface area contributed by atoms with Crippen molar-refractivity contribution in [3.63, 3.8) is 0 Å². The molecule has 0 atom stereocenters. The number of nitrogens with one attached hydrogen (secondary N) is 1. The molecular weight excluding hydrogens is 418 g/mol. The predicted molar refractivity (Wildman–Crippen MR) is 119 cm³/mol. The molecule has 4 aromatic rings. The molecule has 0 radical (unpaired) electrons. The number of hydrogen-bond acceptors (Lipinski definition) is 6. The van der Waals surface area contributed by atoms with Crippen LogP contribution in [-0.4, -0.2) is 39.2 Å². The molecule has 0 amide bonds. The molecular formula is C20H23N7O3S. The van der Waals surface area contributed by atoms with Crippen molar-refractivity contribution in [2.45, 2.75) is 31.1 Å². The zero-order chi connectivity index (χ0) is 22.0. The standard InChI is InChI=1S/C20H23N7O3S/c1-24-13-21-16-15(24)17(28)26(20(30)25(16)2)10-6-12-31-19-23-22-18(29)27(19)11-9-14-7-4-3-5-8-14/h3-5,7-8,13H,6,9-12H2,1-2H3,(H,22,29). The average molecular weight is 442 g/mol. The van der Waals surface area contributed by atoms with E-state index in [1.165, 1.54) is 27.2 Å². The van der Waals surface area contributed by atoms with Crippen molar-refractivity contribution >= 4 is 22.9 Å². The second-order valence-electron chi connectivity index (χ2n) is 7.23.